The van der Waals surface area contributed by atoms with Gasteiger partial charge in [-0.05, 0) is 42.2 Å². The zero-order valence-corrected chi connectivity index (χ0v) is 13.7. The summed E-state index contributed by atoms with van der Waals surface area (Å²) < 4.78 is 0. The summed E-state index contributed by atoms with van der Waals surface area (Å²) in [7, 11) is 0. The summed E-state index contributed by atoms with van der Waals surface area (Å²) in [6.07, 6.45) is 0. The molecule has 0 atom stereocenters. The summed E-state index contributed by atoms with van der Waals surface area (Å²) in [6.45, 7) is 6.17. The summed E-state index contributed by atoms with van der Waals surface area (Å²) in [6, 6.07) is 10.9. The average Bonchev–Trinajstić information content (AvgIpc) is 2.40. The minimum atomic E-state index is -0.229. The van der Waals surface area contributed by atoms with Crippen LogP contribution < -0.4 is 5.32 Å². The second-order valence-electron chi connectivity index (χ2n) is 5.27. The van der Waals surface area contributed by atoms with Gasteiger partial charge in [-0.25, -0.2) is 0 Å². The van der Waals surface area contributed by atoms with Crippen LogP contribution in [-0.4, -0.2) is 5.91 Å². The third kappa shape index (κ3) is 3.58. The fourth-order valence-corrected chi connectivity index (χ4v) is 2.69. The van der Waals surface area contributed by atoms with Gasteiger partial charge < -0.3 is 5.32 Å². The standard InChI is InChI=1S/C17H17Cl2NO/c1-10(2)13-6-4-5-11(3)16(13)20-17(21)14-8-7-12(18)9-15(14)19/h4-10H,1-3H3,(H,20,21). The average molecular weight is 322 g/mol. The Labute approximate surface area is 135 Å². The fraction of sp³-hybridized carbons (Fsp3) is 0.235. The van der Waals surface area contributed by atoms with Crippen LogP contribution in [0.2, 0.25) is 10.0 Å². The van der Waals surface area contributed by atoms with E-state index in [4.69, 9.17) is 23.2 Å². The van der Waals surface area contributed by atoms with Gasteiger partial charge in [-0.15, -0.1) is 0 Å². The van der Waals surface area contributed by atoms with Crippen molar-refractivity contribution in [3.63, 3.8) is 0 Å². The monoisotopic (exact) mass is 321 g/mol. The van der Waals surface area contributed by atoms with Gasteiger partial charge in [0.2, 0.25) is 0 Å². The van der Waals surface area contributed by atoms with Gasteiger partial charge in [0.1, 0.15) is 0 Å². The van der Waals surface area contributed by atoms with Crippen molar-refractivity contribution in [2.24, 2.45) is 0 Å². The second kappa shape index (κ2) is 6.50. The van der Waals surface area contributed by atoms with Crippen LogP contribution in [0.15, 0.2) is 36.4 Å². The summed E-state index contributed by atoms with van der Waals surface area (Å²) in [5, 5.41) is 3.83. The van der Waals surface area contributed by atoms with Gasteiger partial charge in [0.15, 0.2) is 0 Å². The maximum atomic E-state index is 12.4. The Kier molecular flexibility index (Phi) is 4.92. The molecule has 0 aliphatic carbocycles. The molecule has 0 aliphatic heterocycles. The number of hydrogen-bond acceptors (Lipinski definition) is 1. The lowest BCUT2D eigenvalue weighted by Crippen LogP contribution is -2.15. The Balaban J connectivity index is 2.36. The van der Waals surface area contributed by atoms with E-state index in [9.17, 15) is 4.79 Å². The highest BCUT2D eigenvalue weighted by Gasteiger charge is 2.15. The molecule has 0 aliphatic rings. The molecule has 110 valence electrons. The van der Waals surface area contributed by atoms with E-state index in [-0.39, 0.29) is 5.91 Å². The van der Waals surface area contributed by atoms with Crippen LogP contribution in [0.1, 0.15) is 41.3 Å². The highest BCUT2D eigenvalue weighted by molar-refractivity contribution is 6.37. The number of anilines is 1. The van der Waals surface area contributed by atoms with Crippen LogP contribution >= 0.6 is 23.2 Å². The normalized spacial score (nSPS) is 10.8. The predicted molar refractivity (Wildman–Crippen MR) is 89.7 cm³/mol. The van der Waals surface area contributed by atoms with Crippen LogP contribution in [-0.2, 0) is 0 Å². The van der Waals surface area contributed by atoms with Crippen LogP contribution in [0, 0.1) is 6.92 Å². The molecular weight excluding hydrogens is 305 g/mol. The van der Waals surface area contributed by atoms with E-state index in [0.29, 0.717) is 21.5 Å². The molecule has 0 spiro atoms. The molecule has 1 amide bonds. The number of nitrogens with one attached hydrogen (secondary N) is 1. The first kappa shape index (κ1) is 15.9. The lowest BCUT2D eigenvalue weighted by atomic mass is 9.98. The molecule has 0 fully saturated rings. The number of carbonyl (C=O) groups is 1. The second-order valence-corrected chi connectivity index (χ2v) is 6.12. The first-order valence-corrected chi connectivity index (χ1v) is 7.51. The molecule has 2 aromatic rings. The third-order valence-electron chi connectivity index (χ3n) is 3.34. The molecule has 0 radical (unpaired) electrons. The molecule has 21 heavy (non-hydrogen) atoms. The van der Waals surface area contributed by atoms with Crippen molar-refractivity contribution >= 4 is 34.8 Å². The largest absolute Gasteiger partial charge is 0.321 e. The first-order chi connectivity index (χ1) is 9.90. The van der Waals surface area contributed by atoms with Crippen molar-refractivity contribution in [3.05, 3.63) is 63.1 Å². The van der Waals surface area contributed by atoms with E-state index < -0.39 is 0 Å². The minimum Gasteiger partial charge on any atom is -0.321 e. The quantitative estimate of drug-likeness (QED) is 0.774. The number of carbonyl (C=O) groups excluding carboxylic acids is 1. The third-order valence-corrected chi connectivity index (χ3v) is 3.89. The lowest BCUT2D eigenvalue weighted by molar-refractivity contribution is 0.102. The zero-order valence-electron chi connectivity index (χ0n) is 12.2. The molecule has 2 rings (SSSR count). The van der Waals surface area contributed by atoms with E-state index >= 15 is 0 Å². The van der Waals surface area contributed by atoms with Gasteiger partial charge in [-0.3, -0.25) is 4.79 Å². The molecule has 0 heterocycles. The molecule has 0 aromatic heterocycles. The van der Waals surface area contributed by atoms with E-state index in [1.54, 1.807) is 18.2 Å². The lowest BCUT2D eigenvalue weighted by Gasteiger charge is -2.16. The van der Waals surface area contributed by atoms with E-state index in [1.807, 2.05) is 25.1 Å². The van der Waals surface area contributed by atoms with Crippen LogP contribution in [0.4, 0.5) is 5.69 Å². The Morgan fingerprint density at radius 1 is 1.14 bits per heavy atom. The van der Waals surface area contributed by atoms with Crippen molar-refractivity contribution < 1.29 is 4.79 Å². The molecule has 0 saturated heterocycles. The van der Waals surface area contributed by atoms with Crippen LogP contribution in [0.25, 0.3) is 0 Å². The molecule has 0 bridgehead atoms. The van der Waals surface area contributed by atoms with Gasteiger partial charge >= 0.3 is 0 Å². The smallest absolute Gasteiger partial charge is 0.257 e. The van der Waals surface area contributed by atoms with Gasteiger partial charge in [-0.2, -0.15) is 0 Å². The molecule has 2 aromatic carbocycles. The van der Waals surface area contributed by atoms with Gasteiger partial charge in [-0.1, -0.05) is 55.2 Å². The molecule has 0 unspecified atom stereocenters. The zero-order chi connectivity index (χ0) is 15.6. The topological polar surface area (TPSA) is 29.1 Å². The predicted octanol–water partition coefficient (Wildman–Crippen LogP) is 5.68. The van der Waals surface area contributed by atoms with Crippen LogP contribution in [0.5, 0.6) is 0 Å². The highest BCUT2D eigenvalue weighted by Crippen LogP contribution is 2.29. The summed E-state index contributed by atoms with van der Waals surface area (Å²) in [5.41, 5.74) is 3.40. The number of aryl methyl sites for hydroxylation is 1. The number of para-hydroxylation sites is 1. The van der Waals surface area contributed by atoms with E-state index in [0.717, 1.165) is 16.8 Å². The number of hydrogen-bond donors (Lipinski definition) is 1. The van der Waals surface area contributed by atoms with Crippen molar-refractivity contribution in [1.29, 1.82) is 0 Å². The Morgan fingerprint density at radius 3 is 2.48 bits per heavy atom. The Morgan fingerprint density at radius 2 is 1.86 bits per heavy atom. The maximum Gasteiger partial charge on any atom is 0.257 e. The Hall–Kier alpha value is -1.51. The van der Waals surface area contributed by atoms with Crippen molar-refractivity contribution in [3.8, 4) is 0 Å². The van der Waals surface area contributed by atoms with E-state index in [1.165, 1.54) is 0 Å². The maximum absolute atomic E-state index is 12.4. The molecule has 4 heteroatoms. The molecule has 0 saturated carbocycles. The van der Waals surface area contributed by atoms with Crippen molar-refractivity contribution in [1.82, 2.24) is 0 Å². The molecule has 1 N–H and O–H groups in total. The number of benzene rings is 2. The highest BCUT2D eigenvalue weighted by atomic mass is 35.5. The number of amides is 1. The summed E-state index contributed by atoms with van der Waals surface area (Å²) >= 11 is 11.9. The number of rotatable bonds is 3. The molecular formula is C17H17Cl2NO. The Bertz CT molecular complexity index is 680. The summed E-state index contributed by atoms with van der Waals surface area (Å²) in [5.74, 6) is 0.0914. The van der Waals surface area contributed by atoms with Crippen LogP contribution in [0.3, 0.4) is 0 Å². The summed E-state index contributed by atoms with van der Waals surface area (Å²) in [4.78, 5) is 12.4. The van der Waals surface area contributed by atoms with E-state index in [2.05, 4.69) is 19.2 Å². The van der Waals surface area contributed by atoms with Gasteiger partial charge in [0.25, 0.3) is 5.91 Å². The first-order valence-electron chi connectivity index (χ1n) is 6.76. The number of halogens is 2. The van der Waals surface area contributed by atoms with Gasteiger partial charge in [0.05, 0.1) is 10.6 Å². The van der Waals surface area contributed by atoms with Gasteiger partial charge in [0, 0.05) is 10.7 Å². The van der Waals surface area contributed by atoms with Crippen molar-refractivity contribution in [2.75, 3.05) is 5.32 Å². The fourth-order valence-electron chi connectivity index (χ4n) is 2.20. The SMILES string of the molecule is Cc1cccc(C(C)C)c1NC(=O)c1ccc(Cl)cc1Cl. The van der Waals surface area contributed by atoms with Crippen molar-refractivity contribution in [2.45, 2.75) is 26.7 Å². The minimum absolute atomic E-state index is 0.229. The molecule has 2 nitrogen and oxygen atoms in total.